The number of nitrogens with zero attached hydrogens (tertiary/aromatic N) is 5. The van der Waals surface area contributed by atoms with Crippen LogP contribution < -0.4 is 5.32 Å². The molecule has 9 heteroatoms. The maximum atomic E-state index is 12.2. The van der Waals surface area contributed by atoms with Crippen molar-refractivity contribution in [2.75, 3.05) is 11.1 Å². The molecule has 0 atom stereocenters. The first-order chi connectivity index (χ1) is 13.7. The van der Waals surface area contributed by atoms with Crippen LogP contribution in [0.2, 0.25) is 5.02 Å². The number of carbonyl (C=O) groups excluding carboxylic acids is 1. The molecule has 4 rings (SSSR count). The van der Waals surface area contributed by atoms with Gasteiger partial charge < -0.3 is 5.32 Å². The van der Waals surface area contributed by atoms with E-state index < -0.39 is 0 Å². The van der Waals surface area contributed by atoms with Crippen molar-refractivity contribution in [2.45, 2.75) is 11.6 Å². The number of benzene rings is 2. The van der Waals surface area contributed by atoms with Crippen LogP contribution >= 0.6 is 23.4 Å². The zero-order valence-electron chi connectivity index (χ0n) is 14.6. The Morgan fingerprint density at radius 3 is 2.79 bits per heavy atom. The molecule has 0 radical (unpaired) electrons. The summed E-state index contributed by atoms with van der Waals surface area (Å²) < 4.78 is 1.72. The number of hydrogen-bond acceptors (Lipinski definition) is 6. The average Bonchev–Trinajstić information content (AvgIpc) is 3.11. The zero-order valence-corrected chi connectivity index (χ0v) is 16.2. The number of thioether (sulfide) groups is 1. The molecule has 1 amide bonds. The van der Waals surface area contributed by atoms with Crippen LogP contribution in [0.15, 0.2) is 66.0 Å². The number of fused-ring (bicyclic) bond motifs is 1. The molecule has 0 fully saturated rings. The first-order valence-electron chi connectivity index (χ1n) is 8.45. The van der Waals surface area contributed by atoms with E-state index in [0.29, 0.717) is 33.4 Å². The molecule has 0 unspecified atom stereocenters. The fourth-order valence-corrected chi connectivity index (χ4v) is 3.56. The van der Waals surface area contributed by atoms with Gasteiger partial charge in [-0.2, -0.15) is 0 Å². The van der Waals surface area contributed by atoms with E-state index in [1.807, 2.05) is 30.3 Å². The SMILES string of the molecule is O=C(CSc1ncnc2c1nnn2Cc1ccccc1)Nc1cccc(Cl)c1. The summed E-state index contributed by atoms with van der Waals surface area (Å²) in [6.07, 6.45) is 1.46. The van der Waals surface area contributed by atoms with Gasteiger partial charge in [-0.25, -0.2) is 14.6 Å². The quantitative estimate of drug-likeness (QED) is 0.385. The summed E-state index contributed by atoms with van der Waals surface area (Å²) in [5, 5.41) is 12.4. The number of hydrogen-bond donors (Lipinski definition) is 1. The van der Waals surface area contributed by atoms with Crippen molar-refractivity contribution in [1.29, 1.82) is 0 Å². The number of carbonyl (C=O) groups is 1. The van der Waals surface area contributed by atoms with Gasteiger partial charge in [0.2, 0.25) is 5.91 Å². The summed E-state index contributed by atoms with van der Waals surface area (Å²) >= 11 is 7.23. The van der Waals surface area contributed by atoms with Crippen molar-refractivity contribution in [1.82, 2.24) is 25.0 Å². The van der Waals surface area contributed by atoms with Gasteiger partial charge in [0.1, 0.15) is 11.4 Å². The lowest BCUT2D eigenvalue weighted by Gasteiger charge is -2.05. The third-order valence-electron chi connectivity index (χ3n) is 3.89. The maximum absolute atomic E-state index is 12.2. The molecule has 28 heavy (non-hydrogen) atoms. The molecule has 0 aliphatic heterocycles. The topological polar surface area (TPSA) is 85.6 Å². The van der Waals surface area contributed by atoms with Crippen molar-refractivity contribution < 1.29 is 4.79 Å². The van der Waals surface area contributed by atoms with E-state index in [-0.39, 0.29) is 11.7 Å². The molecule has 140 valence electrons. The van der Waals surface area contributed by atoms with Gasteiger partial charge in [0, 0.05) is 10.7 Å². The highest BCUT2D eigenvalue weighted by molar-refractivity contribution is 8.00. The van der Waals surface area contributed by atoms with Gasteiger partial charge in [-0.05, 0) is 23.8 Å². The summed E-state index contributed by atoms with van der Waals surface area (Å²) in [6.45, 7) is 0.563. The third-order valence-corrected chi connectivity index (χ3v) is 5.10. The minimum absolute atomic E-state index is 0.157. The molecule has 4 aromatic rings. The van der Waals surface area contributed by atoms with Crippen LogP contribution in [0, 0.1) is 0 Å². The Morgan fingerprint density at radius 1 is 1.11 bits per heavy atom. The van der Waals surface area contributed by atoms with Gasteiger partial charge in [0.05, 0.1) is 12.3 Å². The first-order valence-corrected chi connectivity index (χ1v) is 9.82. The highest BCUT2D eigenvalue weighted by Gasteiger charge is 2.14. The Morgan fingerprint density at radius 2 is 1.96 bits per heavy atom. The normalized spacial score (nSPS) is 10.9. The Kier molecular flexibility index (Phi) is 5.50. The van der Waals surface area contributed by atoms with Gasteiger partial charge in [0.15, 0.2) is 11.2 Å². The number of halogens is 1. The van der Waals surface area contributed by atoms with E-state index in [9.17, 15) is 4.79 Å². The lowest BCUT2D eigenvalue weighted by molar-refractivity contribution is -0.113. The zero-order chi connectivity index (χ0) is 19.3. The molecule has 0 aliphatic rings. The first kappa shape index (κ1) is 18.4. The third kappa shape index (κ3) is 4.29. The molecule has 0 bridgehead atoms. The highest BCUT2D eigenvalue weighted by Crippen LogP contribution is 2.23. The summed E-state index contributed by atoms with van der Waals surface area (Å²) in [7, 11) is 0. The molecule has 1 N–H and O–H groups in total. The van der Waals surface area contributed by atoms with Crippen LogP contribution in [0.1, 0.15) is 5.56 Å². The Bertz CT molecular complexity index is 1120. The van der Waals surface area contributed by atoms with Gasteiger partial charge in [-0.1, -0.05) is 65.0 Å². The Balaban J connectivity index is 1.46. The Labute approximate surface area is 170 Å². The molecular weight excluding hydrogens is 396 g/mol. The summed E-state index contributed by atoms with van der Waals surface area (Å²) in [5.41, 5.74) is 2.97. The summed E-state index contributed by atoms with van der Waals surface area (Å²) in [6, 6.07) is 17.0. The number of anilines is 1. The lowest BCUT2D eigenvalue weighted by Crippen LogP contribution is -2.14. The van der Waals surface area contributed by atoms with E-state index in [2.05, 4.69) is 25.6 Å². The molecule has 2 aromatic heterocycles. The van der Waals surface area contributed by atoms with Crippen LogP contribution in [-0.2, 0) is 11.3 Å². The largest absolute Gasteiger partial charge is 0.325 e. The van der Waals surface area contributed by atoms with Crippen LogP contribution in [0.5, 0.6) is 0 Å². The van der Waals surface area contributed by atoms with Crippen molar-refractivity contribution in [3.63, 3.8) is 0 Å². The smallest absolute Gasteiger partial charge is 0.234 e. The van der Waals surface area contributed by atoms with E-state index in [1.165, 1.54) is 18.1 Å². The maximum Gasteiger partial charge on any atom is 0.234 e. The van der Waals surface area contributed by atoms with Gasteiger partial charge in [-0.3, -0.25) is 4.79 Å². The van der Waals surface area contributed by atoms with Crippen LogP contribution in [-0.4, -0.2) is 36.6 Å². The van der Waals surface area contributed by atoms with E-state index >= 15 is 0 Å². The second-order valence-corrected chi connectivity index (χ2v) is 7.33. The molecule has 0 spiro atoms. The highest BCUT2D eigenvalue weighted by atomic mass is 35.5. The van der Waals surface area contributed by atoms with Gasteiger partial charge >= 0.3 is 0 Å². The van der Waals surface area contributed by atoms with Crippen LogP contribution in [0.25, 0.3) is 11.2 Å². The van der Waals surface area contributed by atoms with E-state index in [1.54, 1.807) is 28.9 Å². The van der Waals surface area contributed by atoms with E-state index in [4.69, 9.17) is 11.6 Å². The van der Waals surface area contributed by atoms with Crippen molar-refractivity contribution >= 4 is 46.1 Å². The number of rotatable bonds is 6. The molecule has 0 saturated carbocycles. The second-order valence-electron chi connectivity index (χ2n) is 5.93. The average molecular weight is 411 g/mol. The molecule has 0 aliphatic carbocycles. The van der Waals surface area contributed by atoms with Crippen molar-refractivity contribution in [3.8, 4) is 0 Å². The predicted molar refractivity (Wildman–Crippen MR) is 109 cm³/mol. The minimum atomic E-state index is -0.157. The summed E-state index contributed by atoms with van der Waals surface area (Å²) in [4.78, 5) is 20.8. The molecule has 7 nitrogen and oxygen atoms in total. The predicted octanol–water partition coefficient (Wildman–Crippen LogP) is 3.65. The van der Waals surface area contributed by atoms with Crippen LogP contribution in [0.3, 0.4) is 0 Å². The molecular formula is C19H15ClN6OS. The van der Waals surface area contributed by atoms with Crippen LogP contribution in [0.4, 0.5) is 5.69 Å². The van der Waals surface area contributed by atoms with Crippen molar-refractivity contribution in [3.05, 3.63) is 71.5 Å². The van der Waals surface area contributed by atoms with Crippen molar-refractivity contribution in [2.24, 2.45) is 0 Å². The van der Waals surface area contributed by atoms with Gasteiger partial charge in [0.25, 0.3) is 0 Å². The monoisotopic (exact) mass is 410 g/mol. The number of aromatic nitrogens is 5. The molecule has 2 heterocycles. The summed E-state index contributed by atoms with van der Waals surface area (Å²) in [5.74, 6) is 0.0279. The molecule has 2 aromatic carbocycles. The van der Waals surface area contributed by atoms with E-state index in [0.717, 1.165) is 5.56 Å². The number of amides is 1. The minimum Gasteiger partial charge on any atom is -0.325 e. The Hall–Kier alpha value is -2.97. The fourth-order valence-electron chi connectivity index (χ4n) is 2.64. The standard InChI is InChI=1S/C19H15ClN6OS/c20-14-7-4-8-15(9-14)23-16(27)11-28-19-17-18(21-12-22-19)26(25-24-17)10-13-5-2-1-3-6-13/h1-9,12H,10-11H2,(H,23,27). The fraction of sp³-hybridized carbons (Fsp3) is 0.105. The lowest BCUT2D eigenvalue weighted by atomic mass is 10.2. The second kappa shape index (κ2) is 8.37. The molecule has 0 saturated heterocycles. The number of nitrogens with one attached hydrogen (secondary N) is 1. The van der Waals surface area contributed by atoms with Gasteiger partial charge in [-0.15, -0.1) is 5.10 Å².